The van der Waals surface area contributed by atoms with Crippen molar-refractivity contribution >= 4 is 34.8 Å². The summed E-state index contributed by atoms with van der Waals surface area (Å²) in [4.78, 5) is 12.9. The van der Waals surface area contributed by atoms with Gasteiger partial charge in [0.2, 0.25) is 0 Å². The molecule has 38 heavy (non-hydrogen) atoms. The number of nitrogens with one attached hydrogen (secondary N) is 1. The van der Waals surface area contributed by atoms with Gasteiger partial charge in [-0.2, -0.15) is 10.2 Å². The molecule has 0 unspecified atom stereocenters. The van der Waals surface area contributed by atoms with Crippen LogP contribution < -0.4 is 10.1 Å². The Bertz CT molecular complexity index is 1560. The highest BCUT2D eigenvalue weighted by Gasteiger charge is 2.18. The second kappa shape index (κ2) is 11.1. The van der Waals surface area contributed by atoms with E-state index in [-0.39, 0.29) is 18.3 Å². The van der Waals surface area contributed by atoms with Gasteiger partial charge < -0.3 is 10.1 Å². The fraction of sp³-hybridized carbons (Fsp3) is 0.138. The highest BCUT2D eigenvalue weighted by Crippen LogP contribution is 2.28. The molecule has 0 saturated carbocycles. The van der Waals surface area contributed by atoms with Crippen LogP contribution in [0.4, 0.5) is 5.69 Å². The fourth-order valence-corrected chi connectivity index (χ4v) is 4.63. The Kier molecular flexibility index (Phi) is 7.49. The lowest BCUT2D eigenvalue weighted by atomic mass is 10.1. The summed E-state index contributed by atoms with van der Waals surface area (Å²) in [6.45, 7) is 4.28. The lowest BCUT2D eigenvalue weighted by Gasteiger charge is -2.09. The number of benzene rings is 3. The molecule has 0 fully saturated rings. The quantitative estimate of drug-likeness (QED) is 0.227. The molecule has 1 amide bonds. The molecular formula is C29H25Cl2N5O2. The predicted molar refractivity (Wildman–Crippen MR) is 150 cm³/mol. The molecule has 192 valence electrons. The van der Waals surface area contributed by atoms with Crippen LogP contribution in [0.5, 0.6) is 5.75 Å². The number of carbonyl (C=O) groups is 1. The van der Waals surface area contributed by atoms with Crippen molar-refractivity contribution in [3.05, 3.63) is 118 Å². The summed E-state index contributed by atoms with van der Waals surface area (Å²) in [5, 5.41) is 13.0. The Balaban J connectivity index is 1.22. The lowest BCUT2D eigenvalue weighted by Crippen LogP contribution is -2.15. The van der Waals surface area contributed by atoms with Gasteiger partial charge in [0.25, 0.3) is 5.91 Å². The van der Waals surface area contributed by atoms with Crippen molar-refractivity contribution < 1.29 is 9.53 Å². The van der Waals surface area contributed by atoms with Crippen molar-refractivity contribution in [3.8, 4) is 16.9 Å². The third kappa shape index (κ3) is 5.59. The number of hydrogen-bond donors (Lipinski definition) is 1. The smallest absolute Gasteiger partial charge is 0.276 e. The van der Waals surface area contributed by atoms with Gasteiger partial charge in [-0.25, -0.2) is 4.68 Å². The van der Waals surface area contributed by atoms with E-state index in [9.17, 15) is 4.79 Å². The average molecular weight is 546 g/mol. The molecule has 0 aliphatic carbocycles. The summed E-state index contributed by atoms with van der Waals surface area (Å²) in [5.74, 6) is 0.376. The maximum atomic E-state index is 12.9. The molecule has 2 heterocycles. The molecule has 5 rings (SSSR count). The minimum Gasteiger partial charge on any atom is -0.471 e. The van der Waals surface area contributed by atoms with E-state index < -0.39 is 0 Å². The van der Waals surface area contributed by atoms with Gasteiger partial charge >= 0.3 is 0 Å². The summed E-state index contributed by atoms with van der Waals surface area (Å²) in [7, 11) is 0. The second-order valence-electron chi connectivity index (χ2n) is 8.76. The van der Waals surface area contributed by atoms with Gasteiger partial charge in [0, 0.05) is 21.8 Å². The standard InChI is InChI=1S/C29H25Cl2N5O2/c1-19-28(20(2)36(33-19)17-24-25(30)9-6-10-26(24)31)32-29(37)27-15-16-35(34-27)18-38-23-13-11-22(12-14-23)21-7-4-3-5-8-21/h3-16H,17-18H2,1-2H3,(H,32,37). The van der Waals surface area contributed by atoms with Crippen LogP contribution in [0.3, 0.4) is 0 Å². The number of nitrogens with zero attached hydrogens (tertiary/aromatic N) is 4. The first-order chi connectivity index (χ1) is 18.4. The molecule has 0 saturated heterocycles. The van der Waals surface area contributed by atoms with E-state index in [4.69, 9.17) is 27.9 Å². The summed E-state index contributed by atoms with van der Waals surface area (Å²) in [6, 6.07) is 25.0. The van der Waals surface area contributed by atoms with Gasteiger partial charge in [0.15, 0.2) is 12.4 Å². The van der Waals surface area contributed by atoms with E-state index in [0.29, 0.717) is 33.7 Å². The summed E-state index contributed by atoms with van der Waals surface area (Å²) < 4.78 is 9.19. The van der Waals surface area contributed by atoms with Crippen LogP contribution in [0.15, 0.2) is 85.1 Å². The summed E-state index contributed by atoms with van der Waals surface area (Å²) in [5.41, 5.74) is 5.39. The van der Waals surface area contributed by atoms with E-state index in [1.165, 1.54) is 0 Å². The topological polar surface area (TPSA) is 74.0 Å². The number of ether oxygens (including phenoxy) is 1. The first-order valence-electron chi connectivity index (χ1n) is 12.0. The molecule has 0 aliphatic heterocycles. The van der Waals surface area contributed by atoms with Crippen molar-refractivity contribution in [2.45, 2.75) is 27.1 Å². The maximum absolute atomic E-state index is 12.9. The van der Waals surface area contributed by atoms with Crippen molar-refractivity contribution in [1.82, 2.24) is 19.6 Å². The van der Waals surface area contributed by atoms with E-state index >= 15 is 0 Å². The fourth-order valence-electron chi connectivity index (χ4n) is 4.11. The van der Waals surface area contributed by atoms with E-state index in [1.54, 1.807) is 39.8 Å². The molecule has 9 heteroatoms. The zero-order chi connectivity index (χ0) is 26.6. The largest absolute Gasteiger partial charge is 0.471 e. The van der Waals surface area contributed by atoms with Gasteiger partial charge in [-0.05, 0) is 55.3 Å². The molecule has 0 bridgehead atoms. The monoisotopic (exact) mass is 545 g/mol. The summed E-state index contributed by atoms with van der Waals surface area (Å²) in [6.07, 6.45) is 1.70. The molecule has 1 N–H and O–H groups in total. The molecule has 0 spiro atoms. The van der Waals surface area contributed by atoms with E-state index in [1.807, 2.05) is 56.3 Å². The van der Waals surface area contributed by atoms with Crippen LogP contribution in [-0.4, -0.2) is 25.5 Å². The molecular weight excluding hydrogens is 521 g/mol. The molecule has 7 nitrogen and oxygen atoms in total. The van der Waals surface area contributed by atoms with Crippen LogP contribution in [0, 0.1) is 13.8 Å². The molecule has 0 radical (unpaired) electrons. The zero-order valence-electron chi connectivity index (χ0n) is 20.9. The second-order valence-corrected chi connectivity index (χ2v) is 9.58. The number of carbonyl (C=O) groups excluding carboxylic acids is 1. The minimum absolute atomic E-state index is 0.173. The predicted octanol–water partition coefficient (Wildman–Crippen LogP) is 7.01. The number of halogens is 2. The van der Waals surface area contributed by atoms with Crippen LogP contribution in [-0.2, 0) is 13.3 Å². The third-order valence-electron chi connectivity index (χ3n) is 6.19. The number of amides is 1. The van der Waals surface area contributed by atoms with Crippen molar-refractivity contribution in [1.29, 1.82) is 0 Å². The minimum atomic E-state index is -0.336. The van der Waals surface area contributed by atoms with Crippen molar-refractivity contribution in [3.63, 3.8) is 0 Å². The third-order valence-corrected chi connectivity index (χ3v) is 6.90. The Labute approximate surface area is 230 Å². The lowest BCUT2D eigenvalue weighted by molar-refractivity contribution is 0.102. The van der Waals surface area contributed by atoms with Crippen LogP contribution in [0.1, 0.15) is 27.4 Å². The number of anilines is 1. The van der Waals surface area contributed by atoms with Crippen LogP contribution in [0.25, 0.3) is 11.1 Å². The van der Waals surface area contributed by atoms with Gasteiger partial charge in [0.05, 0.1) is 23.6 Å². The Hall–Kier alpha value is -4.07. The molecule has 3 aromatic carbocycles. The van der Waals surface area contributed by atoms with Crippen molar-refractivity contribution in [2.24, 2.45) is 0 Å². The Morgan fingerprint density at radius 3 is 2.26 bits per heavy atom. The number of aromatic nitrogens is 4. The van der Waals surface area contributed by atoms with Crippen LogP contribution >= 0.6 is 23.2 Å². The first kappa shape index (κ1) is 25.6. The van der Waals surface area contributed by atoms with Crippen molar-refractivity contribution in [2.75, 3.05) is 5.32 Å². The number of hydrogen-bond acceptors (Lipinski definition) is 4. The Morgan fingerprint density at radius 2 is 1.55 bits per heavy atom. The SMILES string of the molecule is Cc1nn(Cc2c(Cl)cccc2Cl)c(C)c1NC(=O)c1ccn(COc2ccc(-c3ccccc3)cc2)n1. The maximum Gasteiger partial charge on any atom is 0.276 e. The number of aryl methyl sites for hydroxylation is 1. The molecule has 0 atom stereocenters. The highest BCUT2D eigenvalue weighted by atomic mass is 35.5. The first-order valence-corrected chi connectivity index (χ1v) is 12.7. The molecule has 0 aliphatic rings. The van der Waals surface area contributed by atoms with Gasteiger partial charge in [0.1, 0.15) is 5.75 Å². The Morgan fingerprint density at radius 1 is 0.868 bits per heavy atom. The molecule has 5 aromatic rings. The zero-order valence-corrected chi connectivity index (χ0v) is 22.4. The number of rotatable bonds is 8. The van der Waals surface area contributed by atoms with Gasteiger partial charge in [-0.3, -0.25) is 9.48 Å². The van der Waals surface area contributed by atoms with Gasteiger partial charge in [-0.15, -0.1) is 0 Å². The molecule has 2 aromatic heterocycles. The normalized spacial score (nSPS) is 10.9. The summed E-state index contributed by atoms with van der Waals surface area (Å²) >= 11 is 12.7. The van der Waals surface area contributed by atoms with E-state index in [0.717, 1.165) is 22.4 Å². The van der Waals surface area contributed by atoms with E-state index in [2.05, 4.69) is 27.6 Å². The highest BCUT2D eigenvalue weighted by molar-refractivity contribution is 6.36. The van der Waals surface area contributed by atoms with Crippen LogP contribution in [0.2, 0.25) is 10.0 Å². The van der Waals surface area contributed by atoms with Gasteiger partial charge in [-0.1, -0.05) is 71.7 Å². The average Bonchev–Trinajstić information content (AvgIpc) is 3.51.